The molecular formula is C15H20BrNO3. The van der Waals surface area contributed by atoms with Gasteiger partial charge in [0.25, 0.3) is 5.91 Å². The molecule has 0 saturated heterocycles. The minimum absolute atomic E-state index is 0.00931. The van der Waals surface area contributed by atoms with Crippen molar-refractivity contribution in [3.63, 3.8) is 0 Å². The molecule has 20 heavy (non-hydrogen) atoms. The lowest BCUT2D eigenvalue weighted by molar-refractivity contribution is -0.131. The van der Waals surface area contributed by atoms with Gasteiger partial charge in [-0.05, 0) is 47.0 Å². The quantitative estimate of drug-likeness (QED) is 0.884. The molecule has 5 heteroatoms. The van der Waals surface area contributed by atoms with Crippen LogP contribution in [-0.2, 0) is 4.79 Å². The van der Waals surface area contributed by atoms with E-state index in [1.54, 1.807) is 0 Å². The van der Waals surface area contributed by atoms with Crippen molar-refractivity contribution in [2.45, 2.75) is 39.3 Å². The van der Waals surface area contributed by atoms with Crippen molar-refractivity contribution < 1.29 is 14.6 Å². The summed E-state index contributed by atoms with van der Waals surface area (Å²) in [6.45, 7) is 5.86. The fraction of sp³-hybridized carbons (Fsp3) is 0.533. The SMILES string of the molecule is Cc1ccc(OCC(=O)NC2CC(O)C2(C)C)c(Br)c1. The van der Waals surface area contributed by atoms with Crippen LogP contribution < -0.4 is 10.1 Å². The minimum Gasteiger partial charge on any atom is -0.483 e. The predicted molar refractivity (Wildman–Crippen MR) is 80.7 cm³/mol. The van der Waals surface area contributed by atoms with Crippen LogP contribution in [0, 0.1) is 12.3 Å². The summed E-state index contributed by atoms with van der Waals surface area (Å²) in [6.07, 6.45) is 0.257. The molecule has 2 unspecified atom stereocenters. The Labute approximate surface area is 127 Å². The molecule has 0 heterocycles. The average Bonchev–Trinajstić information content (AvgIpc) is 2.37. The molecular weight excluding hydrogens is 322 g/mol. The number of hydrogen-bond acceptors (Lipinski definition) is 3. The molecule has 0 bridgehead atoms. The van der Waals surface area contributed by atoms with E-state index in [1.807, 2.05) is 39.0 Å². The van der Waals surface area contributed by atoms with Gasteiger partial charge < -0.3 is 15.2 Å². The number of aryl methyl sites for hydroxylation is 1. The number of rotatable bonds is 4. The van der Waals surface area contributed by atoms with Gasteiger partial charge in [-0.1, -0.05) is 19.9 Å². The molecule has 2 rings (SSSR count). The van der Waals surface area contributed by atoms with Crippen molar-refractivity contribution in [3.05, 3.63) is 28.2 Å². The highest BCUT2D eigenvalue weighted by Gasteiger charge is 2.47. The number of carbonyl (C=O) groups excluding carboxylic acids is 1. The van der Waals surface area contributed by atoms with E-state index in [-0.39, 0.29) is 30.1 Å². The van der Waals surface area contributed by atoms with E-state index in [1.165, 1.54) is 0 Å². The van der Waals surface area contributed by atoms with Crippen molar-refractivity contribution in [2.75, 3.05) is 6.61 Å². The monoisotopic (exact) mass is 341 g/mol. The number of hydrogen-bond donors (Lipinski definition) is 2. The molecule has 1 fully saturated rings. The van der Waals surface area contributed by atoms with Crippen LogP contribution in [0.1, 0.15) is 25.8 Å². The summed E-state index contributed by atoms with van der Waals surface area (Å²) in [5.41, 5.74) is 0.860. The van der Waals surface area contributed by atoms with E-state index in [0.717, 1.165) is 10.0 Å². The van der Waals surface area contributed by atoms with Gasteiger partial charge in [0.2, 0.25) is 0 Å². The van der Waals surface area contributed by atoms with Gasteiger partial charge in [-0.15, -0.1) is 0 Å². The number of benzene rings is 1. The van der Waals surface area contributed by atoms with Gasteiger partial charge in [0.05, 0.1) is 10.6 Å². The third-order valence-electron chi connectivity index (χ3n) is 4.00. The highest BCUT2D eigenvalue weighted by atomic mass is 79.9. The summed E-state index contributed by atoms with van der Waals surface area (Å²) < 4.78 is 6.33. The van der Waals surface area contributed by atoms with Gasteiger partial charge in [-0.3, -0.25) is 4.79 Å². The Balaban J connectivity index is 1.84. The van der Waals surface area contributed by atoms with Gasteiger partial charge >= 0.3 is 0 Å². The highest BCUT2D eigenvalue weighted by molar-refractivity contribution is 9.10. The first-order valence-electron chi connectivity index (χ1n) is 6.67. The third-order valence-corrected chi connectivity index (χ3v) is 4.62. The summed E-state index contributed by atoms with van der Waals surface area (Å²) in [5, 5.41) is 12.5. The van der Waals surface area contributed by atoms with Crippen molar-refractivity contribution in [1.82, 2.24) is 5.32 Å². The zero-order valence-corrected chi connectivity index (χ0v) is 13.5. The molecule has 1 aliphatic rings. The lowest BCUT2D eigenvalue weighted by Crippen LogP contribution is -2.61. The summed E-state index contributed by atoms with van der Waals surface area (Å²) >= 11 is 3.41. The maximum Gasteiger partial charge on any atom is 0.258 e. The molecule has 0 radical (unpaired) electrons. The first kappa shape index (κ1) is 15.3. The number of aliphatic hydroxyl groups excluding tert-OH is 1. The predicted octanol–water partition coefficient (Wildman–Crippen LogP) is 2.41. The average molecular weight is 342 g/mol. The molecule has 1 aromatic carbocycles. The molecule has 0 aromatic heterocycles. The third kappa shape index (κ3) is 3.15. The van der Waals surface area contributed by atoms with Crippen LogP contribution in [0.4, 0.5) is 0 Å². The molecule has 0 spiro atoms. The molecule has 0 aliphatic heterocycles. The van der Waals surface area contributed by atoms with Gasteiger partial charge in [-0.2, -0.15) is 0 Å². The Kier molecular flexibility index (Phi) is 4.39. The molecule has 1 aliphatic carbocycles. The van der Waals surface area contributed by atoms with E-state index >= 15 is 0 Å². The normalized spacial score (nSPS) is 23.9. The standard InChI is InChI=1S/C15H20BrNO3/c1-9-4-5-11(10(16)6-9)20-8-14(19)17-12-7-13(18)15(12,2)3/h4-6,12-13,18H,7-8H2,1-3H3,(H,17,19). The van der Waals surface area contributed by atoms with Crippen molar-refractivity contribution in [1.29, 1.82) is 0 Å². The Bertz CT molecular complexity index is 516. The maximum atomic E-state index is 11.9. The lowest BCUT2D eigenvalue weighted by atomic mass is 9.64. The van der Waals surface area contributed by atoms with Crippen LogP contribution in [-0.4, -0.2) is 29.8 Å². The Morgan fingerprint density at radius 2 is 2.25 bits per heavy atom. The number of carbonyl (C=O) groups is 1. The second-order valence-corrected chi connectivity index (χ2v) is 6.77. The number of aliphatic hydroxyl groups is 1. The number of halogens is 1. The van der Waals surface area contributed by atoms with Crippen LogP contribution in [0.5, 0.6) is 5.75 Å². The Morgan fingerprint density at radius 1 is 1.55 bits per heavy atom. The zero-order valence-electron chi connectivity index (χ0n) is 11.9. The largest absolute Gasteiger partial charge is 0.483 e. The van der Waals surface area contributed by atoms with E-state index < -0.39 is 0 Å². The van der Waals surface area contributed by atoms with Gasteiger partial charge in [0, 0.05) is 11.5 Å². The summed E-state index contributed by atoms with van der Waals surface area (Å²) in [4.78, 5) is 11.9. The van der Waals surface area contributed by atoms with Crippen LogP contribution in [0.15, 0.2) is 22.7 Å². The zero-order chi connectivity index (χ0) is 14.9. The number of amides is 1. The first-order chi connectivity index (χ1) is 9.30. The summed E-state index contributed by atoms with van der Waals surface area (Å²) in [7, 11) is 0. The van der Waals surface area contributed by atoms with Crippen molar-refractivity contribution in [2.24, 2.45) is 5.41 Å². The van der Waals surface area contributed by atoms with Crippen LogP contribution in [0.2, 0.25) is 0 Å². The fourth-order valence-corrected chi connectivity index (χ4v) is 2.86. The van der Waals surface area contributed by atoms with Crippen LogP contribution in [0.3, 0.4) is 0 Å². The van der Waals surface area contributed by atoms with E-state index in [4.69, 9.17) is 4.74 Å². The molecule has 4 nitrogen and oxygen atoms in total. The van der Waals surface area contributed by atoms with Gasteiger partial charge in [-0.25, -0.2) is 0 Å². The number of nitrogens with one attached hydrogen (secondary N) is 1. The van der Waals surface area contributed by atoms with E-state index in [0.29, 0.717) is 12.2 Å². The fourth-order valence-electron chi connectivity index (χ4n) is 2.25. The molecule has 2 N–H and O–H groups in total. The highest BCUT2D eigenvalue weighted by Crippen LogP contribution is 2.40. The molecule has 1 amide bonds. The Morgan fingerprint density at radius 3 is 2.80 bits per heavy atom. The lowest BCUT2D eigenvalue weighted by Gasteiger charge is -2.49. The second kappa shape index (κ2) is 5.74. The van der Waals surface area contributed by atoms with Gasteiger partial charge in [0.1, 0.15) is 5.75 Å². The van der Waals surface area contributed by atoms with Crippen molar-refractivity contribution >= 4 is 21.8 Å². The first-order valence-corrected chi connectivity index (χ1v) is 7.46. The second-order valence-electron chi connectivity index (χ2n) is 5.92. The number of ether oxygens (including phenoxy) is 1. The molecule has 1 saturated carbocycles. The van der Waals surface area contributed by atoms with Crippen LogP contribution in [0.25, 0.3) is 0 Å². The summed E-state index contributed by atoms with van der Waals surface area (Å²) in [5.74, 6) is 0.487. The molecule has 110 valence electrons. The maximum absolute atomic E-state index is 11.9. The smallest absolute Gasteiger partial charge is 0.258 e. The van der Waals surface area contributed by atoms with Gasteiger partial charge in [0.15, 0.2) is 6.61 Å². The van der Waals surface area contributed by atoms with E-state index in [2.05, 4.69) is 21.2 Å². The van der Waals surface area contributed by atoms with Crippen molar-refractivity contribution in [3.8, 4) is 5.75 Å². The Hall–Kier alpha value is -1.07. The molecule has 2 atom stereocenters. The topological polar surface area (TPSA) is 58.6 Å². The van der Waals surface area contributed by atoms with E-state index in [9.17, 15) is 9.90 Å². The minimum atomic E-state index is -0.347. The molecule has 1 aromatic rings. The summed E-state index contributed by atoms with van der Waals surface area (Å²) in [6, 6.07) is 5.72. The van der Waals surface area contributed by atoms with Crippen LogP contribution >= 0.6 is 15.9 Å².